The Labute approximate surface area is 189 Å². The van der Waals surface area contributed by atoms with E-state index in [0.717, 1.165) is 34.3 Å². The summed E-state index contributed by atoms with van der Waals surface area (Å²) in [6, 6.07) is 16.4. The van der Waals surface area contributed by atoms with Crippen LogP contribution in [0.4, 0.5) is 0 Å². The minimum atomic E-state index is -0.887. The Balaban J connectivity index is 1.46. The van der Waals surface area contributed by atoms with Crippen LogP contribution in [0.5, 0.6) is 5.75 Å². The summed E-state index contributed by atoms with van der Waals surface area (Å²) in [4.78, 5) is 11.3. The summed E-state index contributed by atoms with van der Waals surface area (Å²) in [7, 11) is 1.81. The number of ether oxygens (including phenoxy) is 1. The second kappa shape index (κ2) is 7.10. The first-order chi connectivity index (χ1) is 15.4. The van der Waals surface area contributed by atoms with Gasteiger partial charge in [-0.05, 0) is 126 Å². The van der Waals surface area contributed by atoms with Gasteiger partial charge in [-0.1, -0.05) is 18.2 Å². The number of aromatic carboxylic acids is 1. The molecule has 4 saturated carbocycles. The molecule has 4 aliphatic carbocycles. The summed E-state index contributed by atoms with van der Waals surface area (Å²) in [6.45, 7) is 2.17. The SMILES string of the molecule is COc1cc(C)c(-c2ccc3cc(C(=O)O)ccc3c2)cc1C12CC3CC(CC(C3)C1)C2. The lowest BCUT2D eigenvalue weighted by molar-refractivity contribution is -0.00614. The predicted molar refractivity (Wildman–Crippen MR) is 127 cm³/mol. The van der Waals surface area contributed by atoms with Gasteiger partial charge in [0.1, 0.15) is 5.75 Å². The summed E-state index contributed by atoms with van der Waals surface area (Å²) in [5, 5.41) is 11.3. The first-order valence-corrected chi connectivity index (χ1v) is 11.9. The number of aryl methyl sites for hydroxylation is 1. The van der Waals surface area contributed by atoms with E-state index >= 15 is 0 Å². The molecule has 4 bridgehead atoms. The van der Waals surface area contributed by atoms with Gasteiger partial charge >= 0.3 is 5.97 Å². The number of hydrogen-bond acceptors (Lipinski definition) is 2. The molecule has 0 aliphatic heterocycles. The fourth-order valence-electron chi connectivity index (χ4n) is 7.56. The van der Waals surface area contributed by atoms with Crippen molar-refractivity contribution in [3.8, 4) is 16.9 Å². The summed E-state index contributed by atoms with van der Waals surface area (Å²) >= 11 is 0. The third-order valence-corrected chi connectivity index (χ3v) is 8.55. The van der Waals surface area contributed by atoms with Gasteiger partial charge in [0.15, 0.2) is 0 Å². The van der Waals surface area contributed by atoms with E-state index in [1.807, 2.05) is 19.2 Å². The maximum absolute atomic E-state index is 11.3. The van der Waals surface area contributed by atoms with Crippen LogP contribution in [0.1, 0.15) is 60.0 Å². The lowest BCUT2D eigenvalue weighted by atomic mass is 9.48. The van der Waals surface area contributed by atoms with Gasteiger partial charge in [-0.25, -0.2) is 4.79 Å². The summed E-state index contributed by atoms with van der Waals surface area (Å²) < 4.78 is 5.96. The standard InChI is InChI=1S/C29H30O3/c1-17-7-27(32-2)26(29-14-18-8-19(15-29)10-20(9-18)16-29)13-25(17)23-5-3-22-12-24(28(30)31)6-4-21(22)11-23/h3-7,11-13,18-20H,8-10,14-16H2,1-2H3,(H,30,31). The molecule has 3 aromatic rings. The highest BCUT2D eigenvalue weighted by Gasteiger charge is 2.52. The number of benzene rings is 3. The van der Waals surface area contributed by atoms with E-state index in [1.165, 1.54) is 60.8 Å². The van der Waals surface area contributed by atoms with Crippen LogP contribution in [-0.4, -0.2) is 18.2 Å². The van der Waals surface area contributed by atoms with E-state index in [9.17, 15) is 9.90 Å². The van der Waals surface area contributed by atoms with Gasteiger partial charge < -0.3 is 9.84 Å². The third-order valence-electron chi connectivity index (χ3n) is 8.55. The van der Waals surface area contributed by atoms with Crippen LogP contribution in [-0.2, 0) is 5.41 Å². The highest BCUT2D eigenvalue weighted by atomic mass is 16.5. The van der Waals surface area contributed by atoms with E-state index in [2.05, 4.69) is 31.2 Å². The quantitative estimate of drug-likeness (QED) is 0.489. The molecule has 32 heavy (non-hydrogen) atoms. The Morgan fingerprint density at radius 2 is 1.53 bits per heavy atom. The van der Waals surface area contributed by atoms with Crippen LogP contribution in [0, 0.1) is 24.7 Å². The van der Waals surface area contributed by atoms with Crippen LogP contribution < -0.4 is 4.74 Å². The molecule has 0 amide bonds. The zero-order valence-electron chi connectivity index (χ0n) is 18.9. The fraction of sp³-hybridized carbons (Fsp3) is 0.414. The van der Waals surface area contributed by atoms with Crippen molar-refractivity contribution in [2.24, 2.45) is 17.8 Å². The highest BCUT2D eigenvalue weighted by Crippen LogP contribution is 2.62. The minimum absolute atomic E-state index is 0.274. The van der Waals surface area contributed by atoms with E-state index in [1.54, 1.807) is 12.1 Å². The molecule has 0 radical (unpaired) electrons. The highest BCUT2D eigenvalue weighted by molar-refractivity contribution is 5.96. The van der Waals surface area contributed by atoms with Gasteiger partial charge in [0.2, 0.25) is 0 Å². The molecule has 0 spiro atoms. The molecule has 3 nitrogen and oxygen atoms in total. The monoisotopic (exact) mass is 426 g/mol. The topological polar surface area (TPSA) is 46.5 Å². The molecule has 0 unspecified atom stereocenters. The maximum Gasteiger partial charge on any atom is 0.335 e. The molecule has 7 rings (SSSR count). The maximum atomic E-state index is 11.3. The number of carbonyl (C=O) groups is 1. The third kappa shape index (κ3) is 3.05. The van der Waals surface area contributed by atoms with Crippen molar-refractivity contribution in [1.82, 2.24) is 0 Å². The van der Waals surface area contributed by atoms with Crippen molar-refractivity contribution in [3.05, 3.63) is 65.2 Å². The number of hydrogen-bond donors (Lipinski definition) is 1. The molecule has 0 aromatic heterocycles. The van der Waals surface area contributed by atoms with Crippen molar-refractivity contribution in [3.63, 3.8) is 0 Å². The first kappa shape index (κ1) is 19.8. The van der Waals surface area contributed by atoms with Crippen molar-refractivity contribution in [2.45, 2.75) is 50.9 Å². The van der Waals surface area contributed by atoms with Gasteiger partial charge in [-0.3, -0.25) is 0 Å². The molecule has 3 heteroatoms. The number of methoxy groups -OCH3 is 1. The largest absolute Gasteiger partial charge is 0.496 e. The molecule has 3 aromatic carbocycles. The molecular formula is C29H30O3. The average molecular weight is 427 g/mol. The average Bonchev–Trinajstić information content (AvgIpc) is 2.77. The Morgan fingerprint density at radius 1 is 0.906 bits per heavy atom. The molecule has 0 saturated heterocycles. The Bertz CT molecular complexity index is 1200. The summed E-state index contributed by atoms with van der Waals surface area (Å²) in [6.07, 6.45) is 8.24. The van der Waals surface area contributed by atoms with E-state index in [4.69, 9.17) is 4.74 Å². The zero-order chi connectivity index (χ0) is 22.0. The Morgan fingerprint density at radius 3 is 2.16 bits per heavy atom. The lowest BCUT2D eigenvalue weighted by Crippen LogP contribution is -2.48. The van der Waals surface area contributed by atoms with Crippen molar-refractivity contribution in [1.29, 1.82) is 0 Å². The fourth-order valence-corrected chi connectivity index (χ4v) is 7.56. The van der Waals surface area contributed by atoms with Crippen LogP contribution >= 0.6 is 0 Å². The minimum Gasteiger partial charge on any atom is -0.496 e. The number of carboxylic acid groups (broad SMARTS) is 1. The van der Waals surface area contributed by atoms with E-state index in [0.29, 0.717) is 5.56 Å². The first-order valence-electron chi connectivity index (χ1n) is 11.9. The van der Waals surface area contributed by atoms with Gasteiger partial charge in [0.25, 0.3) is 0 Å². The second-order valence-corrected chi connectivity index (χ2v) is 10.6. The zero-order valence-corrected chi connectivity index (χ0v) is 18.9. The molecule has 4 fully saturated rings. The van der Waals surface area contributed by atoms with E-state index < -0.39 is 5.97 Å². The van der Waals surface area contributed by atoms with Crippen LogP contribution in [0.25, 0.3) is 21.9 Å². The smallest absolute Gasteiger partial charge is 0.335 e. The molecular weight excluding hydrogens is 396 g/mol. The van der Waals surface area contributed by atoms with Crippen molar-refractivity contribution >= 4 is 16.7 Å². The number of carboxylic acids is 1. The lowest BCUT2D eigenvalue weighted by Gasteiger charge is -2.57. The normalized spacial score (nSPS) is 28.2. The Hall–Kier alpha value is -2.81. The molecule has 0 heterocycles. The van der Waals surface area contributed by atoms with Gasteiger partial charge in [-0.2, -0.15) is 0 Å². The van der Waals surface area contributed by atoms with Gasteiger partial charge in [0, 0.05) is 5.56 Å². The number of rotatable bonds is 4. The molecule has 1 N–H and O–H groups in total. The van der Waals surface area contributed by atoms with Crippen molar-refractivity contribution in [2.75, 3.05) is 7.11 Å². The predicted octanol–water partition coefficient (Wildman–Crippen LogP) is 6.99. The summed E-state index contributed by atoms with van der Waals surface area (Å²) in [5.74, 6) is 2.83. The van der Waals surface area contributed by atoms with Crippen LogP contribution in [0.2, 0.25) is 0 Å². The van der Waals surface area contributed by atoms with Crippen LogP contribution in [0.15, 0.2) is 48.5 Å². The second-order valence-electron chi connectivity index (χ2n) is 10.6. The van der Waals surface area contributed by atoms with Crippen LogP contribution in [0.3, 0.4) is 0 Å². The molecule has 4 aliphatic rings. The van der Waals surface area contributed by atoms with E-state index in [-0.39, 0.29) is 5.41 Å². The summed E-state index contributed by atoms with van der Waals surface area (Å²) in [5.41, 5.74) is 5.69. The van der Waals surface area contributed by atoms with Gasteiger partial charge in [0.05, 0.1) is 12.7 Å². The molecule has 0 atom stereocenters. The van der Waals surface area contributed by atoms with Crippen molar-refractivity contribution < 1.29 is 14.6 Å². The Kier molecular flexibility index (Phi) is 4.40. The number of fused-ring (bicyclic) bond motifs is 1. The van der Waals surface area contributed by atoms with Gasteiger partial charge in [-0.15, -0.1) is 0 Å². The molecule has 164 valence electrons.